The first-order valence-electron chi connectivity index (χ1n) is 15.5. The van der Waals surface area contributed by atoms with E-state index in [1.54, 1.807) is 7.11 Å². The third kappa shape index (κ3) is 7.75. The van der Waals surface area contributed by atoms with E-state index in [4.69, 9.17) is 9.47 Å². The molecule has 2 aliphatic heterocycles. The summed E-state index contributed by atoms with van der Waals surface area (Å²) in [5.74, 6) is -3.68. The van der Waals surface area contributed by atoms with Gasteiger partial charge in [-0.1, -0.05) is 0 Å². The van der Waals surface area contributed by atoms with E-state index in [0.717, 1.165) is 47.3 Å². The number of hydroxylamine groups is 1. The molecule has 2 aliphatic rings. The third-order valence-corrected chi connectivity index (χ3v) is 9.31. The van der Waals surface area contributed by atoms with Gasteiger partial charge < -0.3 is 19.5 Å². The maximum atomic E-state index is 13.6. The largest absolute Gasteiger partial charge is 0.497 e. The highest BCUT2D eigenvalue weighted by molar-refractivity contribution is 5.85. The molecule has 0 radical (unpaired) electrons. The molecule has 12 heteroatoms. The van der Waals surface area contributed by atoms with Gasteiger partial charge in [0.1, 0.15) is 5.75 Å². The number of ether oxygens (including phenoxy) is 2. The predicted octanol–water partition coefficient (Wildman–Crippen LogP) is 4.53. The van der Waals surface area contributed by atoms with Gasteiger partial charge in [0.15, 0.2) is 17.5 Å². The average molecular weight is 631 g/mol. The smallest absolute Gasteiger partial charge is 0.249 e. The first kappa shape index (κ1) is 33.1. The Hall–Kier alpha value is -3.29. The molecule has 0 saturated carbocycles. The predicted molar refractivity (Wildman–Crippen MR) is 161 cm³/mol. The molecule has 0 aliphatic carbocycles. The topological polar surface area (TPSA) is 107 Å². The van der Waals surface area contributed by atoms with Crippen molar-refractivity contribution < 1.29 is 37.8 Å². The van der Waals surface area contributed by atoms with Crippen LogP contribution in [0.15, 0.2) is 36.5 Å². The van der Waals surface area contributed by atoms with E-state index in [0.29, 0.717) is 89.2 Å². The summed E-state index contributed by atoms with van der Waals surface area (Å²) < 4.78 is 51.4. The maximum Gasteiger partial charge on any atom is 0.249 e. The lowest BCUT2D eigenvalue weighted by Crippen LogP contribution is -2.48. The number of methoxy groups -OCH3 is 1. The van der Waals surface area contributed by atoms with Crippen LogP contribution < -0.4 is 10.2 Å². The van der Waals surface area contributed by atoms with Crippen LogP contribution in [0.3, 0.4) is 0 Å². The summed E-state index contributed by atoms with van der Waals surface area (Å²) in [6.07, 6.45) is 3.50. The Morgan fingerprint density at radius 2 is 1.80 bits per heavy atom. The van der Waals surface area contributed by atoms with Crippen LogP contribution in [0.25, 0.3) is 10.9 Å². The number of carbonyl (C=O) groups is 1. The number of likely N-dealkylation sites (tertiary alicyclic amines) is 1. The van der Waals surface area contributed by atoms with Crippen molar-refractivity contribution in [1.29, 1.82) is 0 Å². The van der Waals surface area contributed by atoms with Crippen LogP contribution in [-0.2, 0) is 22.5 Å². The molecule has 3 N–H and O–H groups in total. The number of morpholine rings is 1. The molecule has 244 valence electrons. The Kier molecular flexibility index (Phi) is 10.9. The zero-order chi connectivity index (χ0) is 32.0. The minimum atomic E-state index is -1.47. The number of nitrogens with one attached hydrogen (secondary N) is 1. The number of fused-ring (bicyclic) bond motifs is 1. The third-order valence-electron chi connectivity index (χ3n) is 9.31. The van der Waals surface area contributed by atoms with Crippen molar-refractivity contribution in [2.75, 3.05) is 53.0 Å². The number of aliphatic hydroxyl groups excluding tert-OH is 1. The number of pyridine rings is 1. The number of aromatic nitrogens is 1. The van der Waals surface area contributed by atoms with E-state index in [1.807, 2.05) is 29.9 Å². The van der Waals surface area contributed by atoms with Crippen LogP contribution in [0, 0.1) is 22.9 Å². The second kappa shape index (κ2) is 14.9. The van der Waals surface area contributed by atoms with Crippen LogP contribution in [-0.4, -0.2) is 84.1 Å². The molecule has 3 aromatic rings. The molecule has 45 heavy (non-hydrogen) atoms. The molecule has 1 aromatic heterocycles. The number of hydrogen-bond donors (Lipinski definition) is 3. The van der Waals surface area contributed by atoms with Crippen molar-refractivity contribution in [3.05, 3.63) is 70.7 Å². The molecular formula is C33H41F3N4O5. The Morgan fingerprint density at radius 1 is 1.09 bits per heavy atom. The molecular weight excluding hydrogens is 589 g/mol. The molecule has 3 heterocycles. The van der Waals surface area contributed by atoms with Crippen molar-refractivity contribution in [3.8, 4) is 5.75 Å². The van der Waals surface area contributed by atoms with E-state index in [2.05, 4.69) is 14.8 Å². The molecule has 1 amide bonds. The monoisotopic (exact) mass is 630 g/mol. The molecule has 1 atom stereocenters. The number of rotatable bonds is 12. The van der Waals surface area contributed by atoms with E-state index in [9.17, 15) is 28.3 Å². The first-order valence-corrected chi connectivity index (χ1v) is 15.5. The minimum absolute atomic E-state index is 0.293. The van der Waals surface area contributed by atoms with Gasteiger partial charge in [-0.05, 0) is 105 Å². The van der Waals surface area contributed by atoms with Crippen molar-refractivity contribution in [3.63, 3.8) is 0 Å². The SMILES string of the molecule is COc1ccc2ncc(CN3CCOCC3)c([C@H](O)CCC3(C(=O)NO)CCN(CCCc4cc(F)c(F)c(F)c4)CC3)c2c1. The lowest BCUT2D eigenvalue weighted by Gasteiger charge is -2.40. The van der Waals surface area contributed by atoms with Crippen LogP contribution in [0.4, 0.5) is 13.2 Å². The van der Waals surface area contributed by atoms with E-state index >= 15 is 0 Å². The van der Waals surface area contributed by atoms with Crippen molar-refractivity contribution in [2.24, 2.45) is 5.41 Å². The van der Waals surface area contributed by atoms with Crippen molar-refractivity contribution >= 4 is 16.8 Å². The highest BCUT2D eigenvalue weighted by Crippen LogP contribution is 2.40. The minimum Gasteiger partial charge on any atom is -0.497 e. The number of halogens is 3. The molecule has 2 saturated heterocycles. The number of aliphatic hydroxyl groups is 1. The average Bonchev–Trinajstić information content (AvgIpc) is 3.06. The lowest BCUT2D eigenvalue weighted by atomic mass is 9.73. The van der Waals surface area contributed by atoms with Gasteiger partial charge in [0.25, 0.3) is 0 Å². The molecule has 5 rings (SSSR count). The fraction of sp³-hybridized carbons (Fsp3) is 0.515. The summed E-state index contributed by atoms with van der Waals surface area (Å²) in [7, 11) is 1.59. The summed E-state index contributed by atoms with van der Waals surface area (Å²) in [6, 6.07) is 7.61. The summed E-state index contributed by atoms with van der Waals surface area (Å²) >= 11 is 0. The fourth-order valence-corrected chi connectivity index (χ4v) is 6.61. The summed E-state index contributed by atoms with van der Waals surface area (Å²) in [4.78, 5) is 22.1. The summed E-state index contributed by atoms with van der Waals surface area (Å²) in [5.41, 5.74) is 3.77. The molecule has 0 bridgehead atoms. The Labute approximate surface area is 260 Å². The normalized spacial score (nSPS) is 18.2. The summed E-state index contributed by atoms with van der Waals surface area (Å²) in [5, 5.41) is 22.2. The zero-order valence-corrected chi connectivity index (χ0v) is 25.5. The first-order chi connectivity index (χ1) is 21.7. The van der Waals surface area contributed by atoms with Crippen LogP contribution in [0.2, 0.25) is 0 Å². The molecule has 0 spiro atoms. The molecule has 9 nitrogen and oxygen atoms in total. The van der Waals surface area contributed by atoms with E-state index in [-0.39, 0.29) is 0 Å². The second-order valence-electron chi connectivity index (χ2n) is 12.1. The second-order valence-corrected chi connectivity index (χ2v) is 12.1. The lowest BCUT2D eigenvalue weighted by molar-refractivity contribution is -0.143. The molecule has 0 unspecified atom stereocenters. The van der Waals surface area contributed by atoms with Crippen LogP contribution >= 0.6 is 0 Å². The Morgan fingerprint density at radius 3 is 2.47 bits per heavy atom. The van der Waals surface area contributed by atoms with Gasteiger partial charge >= 0.3 is 0 Å². The van der Waals surface area contributed by atoms with Crippen LogP contribution in [0.1, 0.15) is 54.9 Å². The zero-order valence-electron chi connectivity index (χ0n) is 25.5. The highest BCUT2D eigenvalue weighted by Gasteiger charge is 2.41. The van der Waals surface area contributed by atoms with Crippen LogP contribution in [0.5, 0.6) is 5.75 Å². The Bertz CT molecular complexity index is 1460. The molecule has 2 fully saturated rings. The maximum absolute atomic E-state index is 13.6. The number of carbonyl (C=O) groups excluding carboxylic acids is 1. The molecule has 2 aromatic carbocycles. The van der Waals surface area contributed by atoms with Gasteiger partial charge in [-0.15, -0.1) is 0 Å². The highest BCUT2D eigenvalue weighted by atomic mass is 19.2. The number of amides is 1. The fourth-order valence-electron chi connectivity index (χ4n) is 6.61. The number of piperidine rings is 1. The van der Waals surface area contributed by atoms with Gasteiger partial charge in [0, 0.05) is 31.2 Å². The number of benzene rings is 2. The van der Waals surface area contributed by atoms with E-state index in [1.165, 1.54) is 0 Å². The van der Waals surface area contributed by atoms with Gasteiger partial charge in [-0.25, -0.2) is 18.7 Å². The van der Waals surface area contributed by atoms with Gasteiger partial charge in [-0.3, -0.25) is 19.9 Å². The quantitative estimate of drug-likeness (QED) is 0.152. The number of aryl methyl sites for hydroxylation is 1. The van der Waals surface area contributed by atoms with Gasteiger partial charge in [-0.2, -0.15) is 0 Å². The van der Waals surface area contributed by atoms with E-state index < -0.39 is 34.9 Å². The van der Waals surface area contributed by atoms with Gasteiger partial charge in [0.2, 0.25) is 5.91 Å². The standard InChI is InChI=1S/C33H41F3N4O5/c1-44-24-4-5-28-25(19-24)30(23(20-37-28)21-40-13-15-45-16-14-40)29(41)6-7-33(32(42)38-43)8-11-39(12-9-33)10-2-3-22-17-26(34)31(36)27(35)18-22/h4-5,17-20,29,41,43H,2-3,6-16,21H2,1H3,(H,38,42)/t29-/m1/s1. The number of nitrogens with zero attached hydrogens (tertiary/aromatic N) is 3. The van der Waals surface area contributed by atoms with Gasteiger partial charge in [0.05, 0.1) is 37.4 Å². The Balaban J connectivity index is 1.27. The van der Waals surface area contributed by atoms with Crippen molar-refractivity contribution in [1.82, 2.24) is 20.3 Å². The number of hydrogen-bond acceptors (Lipinski definition) is 8. The van der Waals surface area contributed by atoms with Crippen molar-refractivity contribution in [2.45, 2.75) is 51.2 Å². The summed E-state index contributed by atoms with van der Waals surface area (Å²) in [6.45, 7) is 5.23.